The summed E-state index contributed by atoms with van der Waals surface area (Å²) in [6.45, 7) is -1.34. The molecular weight excluding hydrogens is 443 g/mol. The van der Waals surface area contributed by atoms with Crippen molar-refractivity contribution in [1.29, 1.82) is 0 Å². The summed E-state index contributed by atoms with van der Waals surface area (Å²) in [5, 5.41) is 7.61. The quantitative estimate of drug-likeness (QED) is 0.371. The summed E-state index contributed by atoms with van der Waals surface area (Å²) < 4.78 is 43.3. The first kappa shape index (κ1) is 23.3. The summed E-state index contributed by atoms with van der Waals surface area (Å²) in [6, 6.07) is 25.7. The van der Waals surface area contributed by atoms with Gasteiger partial charge in [-0.1, -0.05) is 60.7 Å². The number of ether oxygens (including phenoxy) is 1. The summed E-state index contributed by atoms with van der Waals surface area (Å²) in [7, 11) is 0. The summed E-state index contributed by atoms with van der Waals surface area (Å²) in [6.07, 6.45) is -2.52. The van der Waals surface area contributed by atoms with E-state index in [4.69, 9.17) is 5.10 Å². The number of rotatable bonds is 8. The third-order valence-electron chi connectivity index (χ3n) is 5.02. The molecule has 174 valence electrons. The number of nitrogens with one attached hydrogen (secondary N) is 1. The number of hydrogen-bond acceptors (Lipinski definition) is 3. The van der Waals surface area contributed by atoms with Crippen LogP contribution in [0, 0.1) is 0 Å². The van der Waals surface area contributed by atoms with Crippen molar-refractivity contribution in [3.63, 3.8) is 0 Å². The zero-order valence-corrected chi connectivity index (χ0v) is 18.1. The number of hydrogen-bond donors (Lipinski definition) is 1. The van der Waals surface area contributed by atoms with Crippen molar-refractivity contribution in [2.75, 3.05) is 6.61 Å². The average molecular weight is 465 g/mol. The molecule has 0 spiro atoms. The number of nitrogens with zero attached hydrogens (tertiary/aromatic N) is 2. The second kappa shape index (κ2) is 10.4. The van der Waals surface area contributed by atoms with Gasteiger partial charge in [0.25, 0.3) is 5.91 Å². The highest BCUT2D eigenvalue weighted by molar-refractivity contribution is 5.94. The number of benzene rings is 3. The molecule has 4 aromatic rings. The molecule has 0 bridgehead atoms. The van der Waals surface area contributed by atoms with Crippen LogP contribution in [-0.2, 0) is 17.9 Å². The Kier molecular flexibility index (Phi) is 7.08. The number of halogens is 3. The lowest BCUT2D eigenvalue weighted by Crippen LogP contribution is -2.23. The molecule has 0 saturated carbocycles. The first-order valence-electron chi connectivity index (χ1n) is 10.6. The fourth-order valence-electron chi connectivity index (χ4n) is 3.46. The van der Waals surface area contributed by atoms with Gasteiger partial charge in [0.15, 0.2) is 0 Å². The van der Waals surface area contributed by atoms with Gasteiger partial charge in [-0.3, -0.25) is 4.79 Å². The molecule has 1 N–H and O–H groups in total. The predicted molar refractivity (Wildman–Crippen MR) is 122 cm³/mol. The van der Waals surface area contributed by atoms with E-state index in [0.29, 0.717) is 11.1 Å². The van der Waals surface area contributed by atoms with Crippen LogP contribution < -0.4 is 5.32 Å². The molecule has 0 aliphatic rings. The first-order valence-corrected chi connectivity index (χ1v) is 10.6. The van der Waals surface area contributed by atoms with Gasteiger partial charge < -0.3 is 10.1 Å². The fourth-order valence-corrected chi connectivity index (χ4v) is 3.46. The minimum atomic E-state index is -4.39. The lowest BCUT2D eigenvalue weighted by Gasteiger charge is -2.09. The molecule has 34 heavy (non-hydrogen) atoms. The maximum atomic E-state index is 12.8. The van der Waals surface area contributed by atoms with E-state index < -0.39 is 12.8 Å². The van der Waals surface area contributed by atoms with E-state index in [-0.39, 0.29) is 19.1 Å². The lowest BCUT2D eigenvalue weighted by atomic mass is 10.1. The molecule has 0 atom stereocenters. The van der Waals surface area contributed by atoms with Gasteiger partial charge in [0, 0.05) is 29.4 Å². The third kappa shape index (κ3) is 6.11. The molecule has 5 nitrogen and oxygen atoms in total. The molecule has 1 amide bonds. The Hall–Kier alpha value is -3.91. The molecule has 8 heteroatoms. The van der Waals surface area contributed by atoms with E-state index in [2.05, 4.69) is 10.1 Å². The zero-order chi connectivity index (χ0) is 24.0. The minimum Gasteiger partial charge on any atom is -0.367 e. The van der Waals surface area contributed by atoms with E-state index >= 15 is 0 Å². The number of carbonyl (C=O) groups excluding carboxylic acids is 1. The Morgan fingerprint density at radius 3 is 2.35 bits per heavy atom. The molecule has 4 rings (SSSR count). The number of aromatic nitrogens is 2. The van der Waals surface area contributed by atoms with Crippen LogP contribution >= 0.6 is 0 Å². The molecule has 1 aromatic heterocycles. The Morgan fingerprint density at radius 1 is 0.941 bits per heavy atom. The first-order chi connectivity index (χ1) is 16.4. The second-order valence-electron chi connectivity index (χ2n) is 7.64. The number of carbonyl (C=O) groups is 1. The van der Waals surface area contributed by atoms with Crippen LogP contribution in [-0.4, -0.2) is 28.5 Å². The van der Waals surface area contributed by atoms with Crippen LogP contribution in [0.25, 0.3) is 16.9 Å². The molecule has 1 heterocycles. The highest BCUT2D eigenvalue weighted by Gasteiger charge is 2.27. The van der Waals surface area contributed by atoms with Crippen molar-refractivity contribution in [2.45, 2.75) is 19.3 Å². The smallest absolute Gasteiger partial charge is 0.367 e. The summed E-state index contributed by atoms with van der Waals surface area (Å²) in [5.41, 5.74) is 4.21. The van der Waals surface area contributed by atoms with Gasteiger partial charge in [0.2, 0.25) is 0 Å². The average Bonchev–Trinajstić information content (AvgIpc) is 3.27. The highest BCUT2D eigenvalue weighted by Crippen LogP contribution is 2.24. The molecule has 0 radical (unpaired) electrons. The van der Waals surface area contributed by atoms with Crippen molar-refractivity contribution < 1.29 is 22.7 Å². The molecule has 0 saturated heterocycles. The largest absolute Gasteiger partial charge is 0.411 e. The van der Waals surface area contributed by atoms with Crippen molar-refractivity contribution in [3.8, 4) is 16.9 Å². The van der Waals surface area contributed by atoms with E-state index in [1.54, 1.807) is 22.9 Å². The van der Waals surface area contributed by atoms with Crippen LogP contribution in [0.15, 0.2) is 91.1 Å². The third-order valence-corrected chi connectivity index (χ3v) is 5.02. The zero-order valence-electron chi connectivity index (χ0n) is 18.1. The lowest BCUT2D eigenvalue weighted by molar-refractivity contribution is -0.176. The molecule has 3 aromatic carbocycles. The van der Waals surface area contributed by atoms with Crippen molar-refractivity contribution >= 4 is 5.91 Å². The molecule has 0 aliphatic heterocycles. The van der Waals surface area contributed by atoms with Gasteiger partial charge in [0.1, 0.15) is 6.61 Å². The van der Waals surface area contributed by atoms with Crippen LogP contribution in [0.3, 0.4) is 0 Å². The van der Waals surface area contributed by atoms with Gasteiger partial charge in [0.05, 0.1) is 18.0 Å². The number of para-hydroxylation sites is 1. The maximum Gasteiger partial charge on any atom is 0.411 e. The van der Waals surface area contributed by atoms with Crippen molar-refractivity contribution in [2.24, 2.45) is 0 Å². The predicted octanol–water partition coefficient (Wildman–Crippen LogP) is 5.55. The van der Waals surface area contributed by atoms with Gasteiger partial charge in [-0.15, -0.1) is 0 Å². The van der Waals surface area contributed by atoms with Crippen LogP contribution in [0.5, 0.6) is 0 Å². The van der Waals surface area contributed by atoms with E-state index in [1.807, 2.05) is 66.9 Å². The highest BCUT2D eigenvalue weighted by atomic mass is 19.4. The number of alkyl halides is 3. The SMILES string of the molecule is O=C(NCc1cn(-c2ccccc2)nc1-c1ccccc1)c1cccc(COCC(F)(F)F)c1. The normalized spacial score (nSPS) is 11.4. The van der Waals surface area contributed by atoms with Gasteiger partial charge in [-0.05, 0) is 29.8 Å². The molecular formula is C26H22F3N3O2. The fraction of sp³-hybridized carbons (Fsp3) is 0.154. The standard InChI is InChI=1S/C26H22F3N3O2/c27-26(28,29)18-34-17-19-8-7-11-21(14-19)25(33)30-15-22-16-32(23-12-5-2-6-13-23)31-24(22)20-9-3-1-4-10-20/h1-14,16H,15,17-18H2,(H,30,33). The van der Waals surface area contributed by atoms with Crippen LogP contribution in [0.1, 0.15) is 21.5 Å². The van der Waals surface area contributed by atoms with Gasteiger partial charge in [-0.25, -0.2) is 4.68 Å². The Balaban J connectivity index is 1.49. The van der Waals surface area contributed by atoms with Crippen LogP contribution in [0.2, 0.25) is 0 Å². The van der Waals surface area contributed by atoms with E-state index in [1.165, 1.54) is 6.07 Å². The summed E-state index contributed by atoms with van der Waals surface area (Å²) in [5.74, 6) is -0.343. The van der Waals surface area contributed by atoms with Crippen molar-refractivity contribution in [3.05, 3.63) is 108 Å². The van der Waals surface area contributed by atoms with Crippen LogP contribution in [0.4, 0.5) is 13.2 Å². The molecule has 0 aliphatic carbocycles. The molecule has 0 unspecified atom stereocenters. The van der Waals surface area contributed by atoms with E-state index in [9.17, 15) is 18.0 Å². The van der Waals surface area contributed by atoms with E-state index in [0.717, 1.165) is 22.5 Å². The minimum absolute atomic E-state index is 0.227. The van der Waals surface area contributed by atoms with Gasteiger partial charge in [-0.2, -0.15) is 18.3 Å². The second-order valence-corrected chi connectivity index (χ2v) is 7.64. The Morgan fingerprint density at radius 2 is 1.65 bits per heavy atom. The topological polar surface area (TPSA) is 56.2 Å². The Bertz CT molecular complexity index is 1240. The monoisotopic (exact) mass is 465 g/mol. The summed E-state index contributed by atoms with van der Waals surface area (Å²) >= 11 is 0. The maximum absolute atomic E-state index is 12.8. The van der Waals surface area contributed by atoms with Gasteiger partial charge >= 0.3 is 6.18 Å². The molecule has 0 fully saturated rings. The summed E-state index contributed by atoms with van der Waals surface area (Å²) in [4.78, 5) is 12.8. The Labute approximate surface area is 194 Å². The number of amides is 1. The van der Waals surface area contributed by atoms with Crippen molar-refractivity contribution in [1.82, 2.24) is 15.1 Å².